The number of thiocarbonyl (C=S) groups is 1. The highest BCUT2D eigenvalue weighted by atomic mass is 32.1. The zero-order valence-electron chi connectivity index (χ0n) is 22.2. The maximum atomic E-state index is 6.09. The van der Waals surface area contributed by atoms with Gasteiger partial charge in [0.05, 0.1) is 17.8 Å². The van der Waals surface area contributed by atoms with E-state index in [2.05, 4.69) is 84.1 Å². The Morgan fingerprint density at radius 2 is 1.44 bits per heavy atom. The van der Waals surface area contributed by atoms with Gasteiger partial charge in [-0.05, 0) is 105 Å². The molecule has 0 aliphatic carbocycles. The van der Waals surface area contributed by atoms with E-state index in [1.807, 2.05) is 60.8 Å². The van der Waals surface area contributed by atoms with Gasteiger partial charge in [-0.25, -0.2) is 0 Å². The van der Waals surface area contributed by atoms with E-state index in [1.165, 1.54) is 22.5 Å². The van der Waals surface area contributed by atoms with Crippen LogP contribution in [-0.2, 0) is 0 Å². The molecule has 1 fully saturated rings. The molecule has 0 bridgehead atoms. The van der Waals surface area contributed by atoms with Crippen LogP contribution in [0.1, 0.15) is 40.3 Å². The molecule has 6 heteroatoms. The average Bonchev–Trinajstić information content (AvgIpc) is 3.46. The Morgan fingerprint density at radius 1 is 0.769 bits per heavy atom. The SMILES string of the molecule is Cc1ccc(Oc2ccc(N3C(=S)N[C@@H](c4ccccn4)[C@@H]3c3cc(C)n(-c4ccccc4)c3C)cc2)cc1. The number of aryl methyl sites for hydroxylation is 2. The first-order valence-corrected chi connectivity index (χ1v) is 13.5. The second-order valence-electron chi connectivity index (χ2n) is 9.90. The van der Waals surface area contributed by atoms with Crippen LogP contribution in [0.15, 0.2) is 109 Å². The third kappa shape index (κ3) is 4.79. The fourth-order valence-electron chi connectivity index (χ4n) is 5.43. The van der Waals surface area contributed by atoms with Gasteiger partial charge in [0.2, 0.25) is 0 Å². The number of hydrogen-bond acceptors (Lipinski definition) is 3. The van der Waals surface area contributed by atoms with Gasteiger partial charge in [-0.15, -0.1) is 0 Å². The lowest BCUT2D eigenvalue weighted by atomic mass is 9.96. The molecule has 3 heterocycles. The Kier molecular flexibility index (Phi) is 6.63. The zero-order valence-corrected chi connectivity index (χ0v) is 23.0. The maximum Gasteiger partial charge on any atom is 0.174 e. The minimum Gasteiger partial charge on any atom is -0.457 e. The van der Waals surface area contributed by atoms with E-state index in [1.54, 1.807) is 0 Å². The molecule has 0 amide bonds. The number of anilines is 1. The van der Waals surface area contributed by atoms with Gasteiger partial charge >= 0.3 is 0 Å². The molecular formula is C33H30N4OS. The first-order valence-electron chi connectivity index (χ1n) is 13.1. The quantitative estimate of drug-likeness (QED) is 0.227. The summed E-state index contributed by atoms with van der Waals surface area (Å²) < 4.78 is 8.40. The molecule has 5 nitrogen and oxygen atoms in total. The van der Waals surface area contributed by atoms with E-state index in [0.717, 1.165) is 28.6 Å². The predicted molar refractivity (Wildman–Crippen MR) is 161 cm³/mol. The van der Waals surface area contributed by atoms with E-state index in [-0.39, 0.29) is 12.1 Å². The molecule has 1 N–H and O–H groups in total. The van der Waals surface area contributed by atoms with Crippen molar-refractivity contribution in [1.82, 2.24) is 14.9 Å². The van der Waals surface area contributed by atoms with Crippen LogP contribution in [0.25, 0.3) is 5.69 Å². The van der Waals surface area contributed by atoms with E-state index < -0.39 is 0 Å². The topological polar surface area (TPSA) is 42.3 Å². The lowest BCUT2D eigenvalue weighted by Gasteiger charge is -2.28. The molecule has 0 saturated carbocycles. The second kappa shape index (κ2) is 10.4. The summed E-state index contributed by atoms with van der Waals surface area (Å²) >= 11 is 5.95. The molecule has 0 spiro atoms. The summed E-state index contributed by atoms with van der Waals surface area (Å²) in [7, 11) is 0. The van der Waals surface area contributed by atoms with Crippen molar-refractivity contribution in [3.63, 3.8) is 0 Å². The number of rotatable bonds is 6. The molecule has 0 radical (unpaired) electrons. The molecule has 6 rings (SSSR count). The Hall–Kier alpha value is -4.42. The molecule has 5 aromatic rings. The molecule has 194 valence electrons. The zero-order chi connectivity index (χ0) is 26.9. The van der Waals surface area contributed by atoms with Crippen LogP contribution >= 0.6 is 12.2 Å². The number of nitrogens with one attached hydrogen (secondary N) is 1. The van der Waals surface area contributed by atoms with E-state index in [0.29, 0.717) is 5.11 Å². The average molecular weight is 531 g/mol. The molecule has 0 unspecified atom stereocenters. The number of para-hydroxylation sites is 1. The van der Waals surface area contributed by atoms with Gasteiger partial charge in [-0.3, -0.25) is 4.98 Å². The van der Waals surface area contributed by atoms with Gasteiger partial charge in [0, 0.05) is 29.0 Å². The van der Waals surface area contributed by atoms with Crippen molar-refractivity contribution < 1.29 is 4.74 Å². The van der Waals surface area contributed by atoms with Crippen molar-refractivity contribution in [2.75, 3.05) is 4.90 Å². The molecule has 2 atom stereocenters. The van der Waals surface area contributed by atoms with Gasteiger partial charge in [-0.2, -0.15) is 0 Å². The summed E-state index contributed by atoms with van der Waals surface area (Å²) in [6.45, 7) is 6.40. The van der Waals surface area contributed by atoms with Crippen molar-refractivity contribution in [2.24, 2.45) is 0 Å². The minimum atomic E-state index is -0.105. The third-order valence-electron chi connectivity index (χ3n) is 7.27. The summed E-state index contributed by atoms with van der Waals surface area (Å²) in [5.41, 5.74) is 7.86. The number of benzene rings is 3. The highest BCUT2D eigenvalue weighted by Gasteiger charge is 2.42. The van der Waals surface area contributed by atoms with E-state index >= 15 is 0 Å². The Labute approximate surface area is 234 Å². The highest BCUT2D eigenvalue weighted by molar-refractivity contribution is 7.80. The van der Waals surface area contributed by atoms with Gasteiger partial charge < -0.3 is 19.5 Å². The van der Waals surface area contributed by atoms with Gasteiger partial charge in [0.1, 0.15) is 11.5 Å². The normalized spacial score (nSPS) is 16.8. The first kappa shape index (κ1) is 24.9. The van der Waals surface area contributed by atoms with Gasteiger partial charge in [-0.1, -0.05) is 42.0 Å². The van der Waals surface area contributed by atoms with Crippen LogP contribution in [0.5, 0.6) is 11.5 Å². The molecule has 1 aliphatic rings. The monoisotopic (exact) mass is 530 g/mol. The second-order valence-corrected chi connectivity index (χ2v) is 10.3. The van der Waals surface area contributed by atoms with Crippen LogP contribution in [0.2, 0.25) is 0 Å². The van der Waals surface area contributed by atoms with Crippen molar-refractivity contribution in [2.45, 2.75) is 32.9 Å². The summed E-state index contributed by atoms with van der Waals surface area (Å²) in [6.07, 6.45) is 1.84. The van der Waals surface area contributed by atoms with Crippen LogP contribution in [0.4, 0.5) is 5.69 Å². The lowest BCUT2D eigenvalue weighted by molar-refractivity contribution is 0.482. The molecule has 1 saturated heterocycles. The number of aromatic nitrogens is 2. The maximum absolute atomic E-state index is 6.09. The number of ether oxygens (including phenoxy) is 1. The van der Waals surface area contributed by atoms with Crippen molar-refractivity contribution >= 4 is 23.0 Å². The van der Waals surface area contributed by atoms with Crippen molar-refractivity contribution in [1.29, 1.82) is 0 Å². The third-order valence-corrected chi connectivity index (χ3v) is 7.59. The predicted octanol–water partition coefficient (Wildman–Crippen LogP) is 7.77. The Morgan fingerprint density at radius 3 is 2.10 bits per heavy atom. The van der Waals surface area contributed by atoms with Crippen LogP contribution < -0.4 is 15.0 Å². The molecule has 39 heavy (non-hydrogen) atoms. The number of hydrogen-bond donors (Lipinski definition) is 1. The van der Waals surface area contributed by atoms with Crippen molar-refractivity contribution in [3.8, 4) is 17.2 Å². The fourth-order valence-corrected chi connectivity index (χ4v) is 5.77. The summed E-state index contributed by atoms with van der Waals surface area (Å²) in [5.74, 6) is 1.59. The molecule has 3 aromatic carbocycles. The van der Waals surface area contributed by atoms with E-state index in [4.69, 9.17) is 21.9 Å². The fraction of sp³-hybridized carbons (Fsp3) is 0.152. The van der Waals surface area contributed by atoms with Crippen LogP contribution in [0, 0.1) is 20.8 Å². The van der Waals surface area contributed by atoms with E-state index in [9.17, 15) is 0 Å². The first-order chi connectivity index (χ1) is 19.0. The standard InChI is InChI=1S/C33H30N4OS/c1-22-12-16-27(17-13-22)38-28-18-14-26(15-19-28)37-32(31(35-33(37)39)30-11-7-8-20-34-30)29-21-23(2)36(24(29)3)25-9-5-4-6-10-25/h4-21,31-32H,1-3H3,(H,35,39)/t31-,32-/m0/s1. The van der Waals surface area contributed by atoms with Gasteiger partial charge in [0.25, 0.3) is 0 Å². The molecule has 2 aromatic heterocycles. The lowest BCUT2D eigenvalue weighted by Crippen LogP contribution is -2.29. The summed E-state index contributed by atoms with van der Waals surface area (Å²) in [6, 6.07) is 34.8. The smallest absolute Gasteiger partial charge is 0.174 e. The highest BCUT2D eigenvalue weighted by Crippen LogP contribution is 2.44. The number of nitrogens with zero attached hydrogens (tertiary/aromatic N) is 3. The van der Waals surface area contributed by atoms with Crippen molar-refractivity contribution in [3.05, 3.63) is 138 Å². The number of pyridine rings is 1. The minimum absolute atomic E-state index is 0.0834. The molecular weight excluding hydrogens is 500 g/mol. The Balaban J connectivity index is 1.40. The van der Waals surface area contributed by atoms with Crippen LogP contribution in [0.3, 0.4) is 0 Å². The largest absolute Gasteiger partial charge is 0.457 e. The summed E-state index contributed by atoms with van der Waals surface area (Å²) in [5, 5.41) is 4.25. The molecule has 1 aliphatic heterocycles. The summed E-state index contributed by atoms with van der Waals surface area (Å²) in [4.78, 5) is 6.92. The van der Waals surface area contributed by atoms with Crippen LogP contribution in [-0.4, -0.2) is 14.7 Å². The Bertz CT molecular complexity index is 1600. The van der Waals surface area contributed by atoms with Gasteiger partial charge in [0.15, 0.2) is 5.11 Å².